The molecule has 0 aliphatic rings. The molecule has 7 heteroatoms. The van der Waals surface area contributed by atoms with E-state index >= 15 is 0 Å². The molecule has 1 aromatic heterocycles. The van der Waals surface area contributed by atoms with Gasteiger partial charge in [-0.05, 0) is 0 Å². The molecule has 0 bridgehead atoms. The smallest absolute Gasteiger partial charge is 0.281 e. The maximum absolute atomic E-state index is 11.0. The van der Waals surface area contributed by atoms with Gasteiger partial charge >= 0.3 is 0 Å². The summed E-state index contributed by atoms with van der Waals surface area (Å²) in [6.45, 7) is 0. The van der Waals surface area contributed by atoms with E-state index in [-0.39, 0.29) is 11.4 Å². The summed E-state index contributed by atoms with van der Waals surface area (Å²) in [6, 6.07) is 0. The standard InChI is InChI=1S/C5H7N3O3S/c1-12(10,11)5(9)3-2-7-8-4(3)6/h2H,1H3,(H3,6,7,8). The SMILES string of the molecule is CS(=O)(=O)C(=O)c1cn[nH]c1N. The summed E-state index contributed by atoms with van der Waals surface area (Å²) in [7, 11) is -3.73. The molecule has 0 aliphatic carbocycles. The Bertz CT molecular complexity index is 405. The summed E-state index contributed by atoms with van der Waals surface area (Å²) < 4.78 is 21.5. The van der Waals surface area contributed by atoms with Crippen LogP contribution >= 0.6 is 0 Å². The molecule has 0 fully saturated rings. The minimum absolute atomic E-state index is 0.0366. The van der Waals surface area contributed by atoms with Gasteiger partial charge < -0.3 is 5.73 Å². The molecule has 0 radical (unpaired) electrons. The van der Waals surface area contributed by atoms with E-state index in [9.17, 15) is 13.2 Å². The summed E-state index contributed by atoms with van der Waals surface area (Å²) >= 11 is 0. The van der Waals surface area contributed by atoms with Crippen molar-refractivity contribution in [3.05, 3.63) is 11.8 Å². The molecular weight excluding hydrogens is 182 g/mol. The van der Waals surface area contributed by atoms with Crippen LogP contribution in [0.1, 0.15) is 10.4 Å². The van der Waals surface area contributed by atoms with Gasteiger partial charge in [0.25, 0.3) is 5.12 Å². The van der Waals surface area contributed by atoms with Gasteiger partial charge in [-0.2, -0.15) is 5.10 Å². The molecule has 0 atom stereocenters. The van der Waals surface area contributed by atoms with Crippen LogP contribution in [0.3, 0.4) is 0 Å². The lowest BCUT2D eigenvalue weighted by Gasteiger charge is -1.93. The lowest BCUT2D eigenvalue weighted by Crippen LogP contribution is -2.13. The zero-order valence-electron chi connectivity index (χ0n) is 6.23. The monoisotopic (exact) mass is 189 g/mol. The summed E-state index contributed by atoms with van der Waals surface area (Å²) in [5.74, 6) is -0.0366. The van der Waals surface area contributed by atoms with E-state index in [1.165, 1.54) is 0 Å². The molecule has 0 spiro atoms. The van der Waals surface area contributed by atoms with Crippen molar-refractivity contribution < 1.29 is 13.2 Å². The molecule has 0 saturated heterocycles. The number of H-pyrrole nitrogens is 1. The van der Waals surface area contributed by atoms with Crippen molar-refractivity contribution in [2.24, 2.45) is 0 Å². The van der Waals surface area contributed by atoms with Crippen molar-refractivity contribution in [2.45, 2.75) is 0 Å². The Morgan fingerprint density at radius 3 is 2.58 bits per heavy atom. The first-order valence-corrected chi connectivity index (χ1v) is 4.85. The first-order valence-electron chi connectivity index (χ1n) is 2.96. The predicted molar refractivity (Wildman–Crippen MR) is 42.2 cm³/mol. The fourth-order valence-corrected chi connectivity index (χ4v) is 1.22. The second-order valence-electron chi connectivity index (χ2n) is 2.26. The van der Waals surface area contributed by atoms with Crippen LogP contribution in [0.5, 0.6) is 0 Å². The molecule has 1 aromatic rings. The van der Waals surface area contributed by atoms with Crippen molar-refractivity contribution in [3.8, 4) is 0 Å². The van der Waals surface area contributed by atoms with Gasteiger partial charge in [-0.15, -0.1) is 0 Å². The van der Waals surface area contributed by atoms with Gasteiger partial charge in [-0.1, -0.05) is 0 Å². The minimum atomic E-state index is -3.73. The van der Waals surface area contributed by atoms with Crippen LogP contribution in [-0.2, 0) is 9.84 Å². The van der Waals surface area contributed by atoms with E-state index in [2.05, 4.69) is 10.2 Å². The number of aromatic nitrogens is 2. The number of anilines is 1. The van der Waals surface area contributed by atoms with Gasteiger partial charge in [-0.25, -0.2) is 8.42 Å². The molecule has 6 nitrogen and oxygen atoms in total. The van der Waals surface area contributed by atoms with Crippen LogP contribution in [0.25, 0.3) is 0 Å². The molecule has 3 N–H and O–H groups in total. The molecule has 0 aromatic carbocycles. The number of carbonyl (C=O) groups excluding carboxylic acids is 1. The Hall–Kier alpha value is -1.37. The average Bonchev–Trinajstić information content (AvgIpc) is 2.31. The lowest BCUT2D eigenvalue weighted by atomic mass is 10.4. The van der Waals surface area contributed by atoms with Crippen molar-refractivity contribution in [1.29, 1.82) is 0 Å². The van der Waals surface area contributed by atoms with Gasteiger partial charge in [0.1, 0.15) is 5.82 Å². The van der Waals surface area contributed by atoms with Gasteiger partial charge in [-0.3, -0.25) is 9.89 Å². The van der Waals surface area contributed by atoms with Crippen LogP contribution in [-0.4, -0.2) is 30.0 Å². The number of nitrogen functional groups attached to an aromatic ring is 1. The van der Waals surface area contributed by atoms with E-state index in [1.54, 1.807) is 0 Å². The number of sulfone groups is 1. The first kappa shape index (κ1) is 8.72. The lowest BCUT2D eigenvalue weighted by molar-refractivity contribution is 0.107. The zero-order chi connectivity index (χ0) is 9.35. The fraction of sp³-hybridized carbons (Fsp3) is 0.200. The highest BCUT2D eigenvalue weighted by molar-refractivity contribution is 8.06. The average molecular weight is 189 g/mol. The summed E-state index contributed by atoms with van der Waals surface area (Å²) in [5.41, 5.74) is 5.12. The van der Waals surface area contributed by atoms with Crippen LogP contribution < -0.4 is 5.73 Å². The van der Waals surface area contributed by atoms with Gasteiger partial charge in [0.15, 0.2) is 0 Å². The second-order valence-corrected chi connectivity index (χ2v) is 4.17. The van der Waals surface area contributed by atoms with Gasteiger partial charge in [0.2, 0.25) is 9.84 Å². The zero-order valence-corrected chi connectivity index (χ0v) is 7.05. The van der Waals surface area contributed by atoms with Crippen LogP contribution in [0.2, 0.25) is 0 Å². The van der Waals surface area contributed by atoms with Crippen molar-refractivity contribution >= 4 is 20.8 Å². The topological polar surface area (TPSA) is 106 Å². The highest BCUT2D eigenvalue weighted by atomic mass is 32.2. The largest absolute Gasteiger partial charge is 0.383 e. The van der Waals surface area contributed by atoms with Crippen molar-refractivity contribution in [3.63, 3.8) is 0 Å². The maximum Gasteiger partial charge on any atom is 0.281 e. The summed E-state index contributed by atoms with van der Waals surface area (Å²) in [5, 5.41) is 4.67. The first-order chi connectivity index (χ1) is 5.43. The Kier molecular flexibility index (Phi) is 1.89. The number of carbonyl (C=O) groups is 1. The Morgan fingerprint density at radius 1 is 1.67 bits per heavy atom. The Morgan fingerprint density at radius 2 is 2.25 bits per heavy atom. The van der Waals surface area contributed by atoms with E-state index in [0.29, 0.717) is 0 Å². The second kappa shape index (κ2) is 2.59. The highest BCUT2D eigenvalue weighted by Gasteiger charge is 2.21. The number of rotatable bonds is 1. The van der Waals surface area contributed by atoms with Gasteiger partial charge in [0.05, 0.1) is 11.8 Å². The van der Waals surface area contributed by atoms with E-state index in [1.807, 2.05) is 0 Å². The predicted octanol–water partition coefficient (Wildman–Crippen LogP) is -0.823. The van der Waals surface area contributed by atoms with Gasteiger partial charge in [0, 0.05) is 6.26 Å². The van der Waals surface area contributed by atoms with Crippen LogP contribution in [0, 0.1) is 0 Å². The number of hydrogen-bond acceptors (Lipinski definition) is 5. The Labute approximate surface area is 68.7 Å². The number of aromatic amines is 1. The quantitative estimate of drug-likeness (QED) is 0.600. The van der Waals surface area contributed by atoms with Crippen molar-refractivity contribution in [1.82, 2.24) is 10.2 Å². The minimum Gasteiger partial charge on any atom is -0.383 e. The third-order valence-corrected chi connectivity index (χ3v) is 2.12. The van der Waals surface area contributed by atoms with Crippen LogP contribution in [0.15, 0.2) is 6.20 Å². The number of nitrogens with zero attached hydrogens (tertiary/aromatic N) is 1. The molecule has 12 heavy (non-hydrogen) atoms. The van der Waals surface area contributed by atoms with E-state index in [0.717, 1.165) is 12.5 Å². The van der Waals surface area contributed by atoms with E-state index in [4.69, 9.17) is 5.73 Å². The highest BCUT2D eigenvalue weighted by Crippen LogP contribution is 2.09. The maximum atomic E-state index is 11.0. The normalized spacial score (nSPS) is 11.4. The summed E-state index contributed by atoms with van der Waals surface area (Å²) in [6.07, 6.45) is 1.90. The third kappa shape index (κ3) is 1.45. The number of hydrogen-bond donors (Lipinski definition) is 2. The third-order valence-electron chi connectivity index (χ3n) is 1.23. The summed E-state index contributed by atoms with van der Waals surface area (Å²) in [4.78, 5) is 11.0. The molecule has 66 valence electrons. The molecule has 0 aliphatic heterocycles. The molecule has 0 unspecified atom stereocenters. The van der Waals surface area contributed by atoms with Crippen LogP contribution in [0.4, 0.5) is 5.82 Å². The molecular formula is C5H7N3O3S. The number of nitrogens with two attached hydrogens (primary N) is 1. The Balaban J connectivity index is 3.19. The fourth-order valence-electron chi connectivity index (χ4n) is 0.659. The van der Waals surface area contributed by atoms with Crippen molar-refractivity contribution in [2.75, 3.05) is 12.0 Å². The number of nitrogens with one attached hydrogen (secondary N) is 1. The molecule has 0 saturated carbocycles. The van der Waals surface area contributed by atoms with E-state index < -0.39 is 15.0 Å². The molecule has 0 amide bonds. The molecule has 1 heterocycles. The molecule has 1 rings (SSSR count).